The van der Waals surface area contributed by atoms with E-state index in [1.165, 1.54) is 0 Å². The molecule has 1 rings (SSSR count). The number of hydrogen-bond acceptors (Lipinski definition) is 4. The summed E-state index contributed by atoms with van der Waals surface area (Å²) in [5.74, 6) is 0.707. The van der Waals surface area contributed by atoms with Crippen LogP contribution in [0.3, 0.4) is 0 Å². The zero-order valence-corrected chi connectivity index (χ0v) is 11.8. The number of methoxy groups -OCH3 is 2. The van der Waals surface area contributed by atoms with E-state index in [4.69, 9.17) is 9.47 Å². The fourth-order valence-electron chi connectivity index (χ4n) is 2.03. The maximum absolute atomic E-state index is 9.94. The van der Waals surface area contributed by atoms with Crippen LogP contribution in [0.4, 0.5) is 5.69 Å². The van der Waals surface area contributed by atoms with Crippen molar-refractivity contribution in [2.75, 3.05) is 32.8 Å². The molecule has 0 bridgehead atoms. The zero-order valence-electron chi connectivity index (χ0n) is 11.8. The molecule has 1 aromatic rings. The molecule has 0 aliphatic carbocycles. The quantitative estimate of drug-likeness (QED) is 0.844. The van der Waals surface area contributed by atoms with Crippen molar-refractivity contribution in [2.45, 2.75) is 26.0 Å². The van der Waals surface area contributed by atoms with Crippen LogP contribution in [-0.2, 0) is 4.74 Å². The van der Waals surface area contributed by atoms with E-state index in [1.54, 1.807) is 21.1 Å². The first-order valence-corrected chi connectivity index (χ1v) is 6.09. The van der Waals surface area contributed by atoms with E-state index in [0.717, 1.165) is 11.3 Å². The minimum atomic E-state index is -0.576. The van der Waals surface area contributed by atoms with Crippen LogP contribution in [0.25, 0.3) is 0 Å². The molecule has 0 radical (unpaired) electrons. The number of likely N-dealkylation sites (N-methyl/N-ethyl adjacent to an activating group) is 1. The molecule has 0 spiro atoms. The van der Waals surface area contributed by atoms with E-state index >= 15 is 0 Å². The van der Waals surface area contributed by atoms with E-state index in [0.29, 0.717) is 12.4 Å². The van der Waals surface area contributed by atoms with Gasteiger partial charge in [0.2, 0.25) is 0 Å². The lowest BCUT2D eigenvalue weighted by Gasteiger charge is -2.30. The molecule has 18 heavy (non-hydrogen) atoms. The summed E-state index contributed by atoms with van der Waals surface area (Å²) >= 11 is 0. The molecule has 4 nitrogen and oxygen atoms in total. The van der Waals surface area contributed by atoms with Gasteiger partial charge in [0.1, 0.15) is 5.75 Å². The Labute approximate surface area is 109 Å². The fourth-order valence-corrected chi connectivity index (χ4v) is 2.03. The van der Waals surface area contributed by atoms with Gasteiger partial charge in [0.05, 0.1) is 19.8 Å². The lowest BCUT2D eigenvalue weighted by Crippen LogP contribution is -2.33. The number of benzene rings is 1. The molecule has 0 fully saturated rings. The van der Waals surface area contributed by atoms with Crippen molar-refractivity contribution in [3.05, 3.63) is 23.8 Å². The number of ether oxygens (including phenoxy) is 2. The lowest BCUT2D eigenvalue weighted by atomic mass is 10.0. The maximum atomic E-state index is 9.94. The summed E-state index contributed by atoms with van der Waals surface area (Å²) in [6, 6.07) is 5.99. The third-order valence-corrected chi connectivity index (χ3v) is 3.13. The second kappa shape index (κ2) is 6.61. The highest BCUT2D eigenvalue weighted by Gasteiger charge is 2.19. The highest BCUT2D eigenvalue weighted by Crippen LogP contribution is 2.34. The van der Waals surface area contributed by atoms with Crippen LogP contribution in [0.2, 0.25) is 0 Å². The van der Waals surface area contributed by atoms with Crippen LogP contribution in [0.15, 0.2) is 18.2 Å². The Morgan fingerprint density at radius 1 is 1.28 bits per heavy atom. The molecule has 2 atom stereocenters. The Morgan fingerprint density at radius 2 is 1.94 bits per heavy atom. The maximum Gasteiger partial charge on any atom is 0.126 e. The average molecular weight is 253 g/mol. The summed E-state index contributed by atoms with van der Waals surface area (Å²) in [6.45, 7) is 4.46. The number of nitrogens with zero attached hydrogens (tertiary/aromatic N) is 1. The third-order valence-electron chi connectivity index (χ3n) is 3.13. The van der Waals surface area contributed by atoms with E-state index in [2.05, 4.69) is 11.8 Å². The van der Waals surface area contributed by atoms with Crippen molar-refractivity contribution in [3.8, 4) is 5.75 Å². The molecule has 0 aliphatic heterocycles. The molecule has 102 valence electrons. The number of aliphatic hydroxyl groups excluding tert-OH is 1. The Hall–Kier alpha value is -1.26. The van der Waals surface area contributed by atoms with Gasteiger partial charge in [-0.3, -0.25) is 0 Å². The number of anilines is 1. The van der Waals surface area contributed by atoms with Gasteiger partial charge in [-0.25, -0.2) is 0 Å². The van der Waals surface area contributed by atoms with Gasteiger partial charge in [-0.05, 0) is 26.0 Å². The Bertz CT molecular complexity index is 379. The Kier molecular flexibility index (Phi) is 5.44. The smallest absolute Gasteiger partial charge is 0.126 e. The molecule has 1 aromatic carbocycles. The summed E-state index contributed by atoms with van der Waals surface area (Å²) < 4.78 is 10.5. The summed E-state index contributed by atoms with van der Waals surface area (Å²) in [5, 5.41) is 9.94. The van der Waals surface area contributed by atoms with E-state index in [9.17, 15) is 5.11 Å². The van der Waals surface area contributed by atoms with Crippen LogP contribution in [0.1, 0.15) is 25.5 Å². The molecule has 4 heteroatoms. The van der Waals surface area contributed by atoms with Crippen LogP contribution in [0, 0.1) is 0 Å². The van der Waals surface area contributed by atoms with Gasteiger partial charge < -0.3 is 19.5 Å². The van der Waals surface area contributed by atoms with Crippen molar-refractivity contribution in [1.29, 1.82) is 0 Å². The normalized spacial score (nSPS) is 14.1. The Morgan fingerprint density at radius 3 is 2.44 bits per heavy atom. The molecule has 0 aromatic heterocycles. The Balaban J connectivity index is 3.14. The van der Waals surface area contributed by atoms with Crippen molar-refractivity contribution < 1.29 is 14.6 Å². The fraction of sp³-hybridized carbons (Fsp3) is 0.571. The van der Waals surface area contributed by atoms with Gasteiger partial charge in [0.15, 0.2) is 0 Å². The molecule has 2 unspecified atom stereocenters. The standard InChI is InChI=1S/C14H23NO3/c1-10(9-17-4)15(3)12-7-6-8-13(18-5)14(12)11(2)16/h6-8,10-11,16H,9H2,1-5H3. The van der Waals surface area contributed by atoms with Gasteiger partial charge in [-0.2, -0.15) is 0 Å². The highest BCUT2D eigenvalue weighted by atomic mass is 16.5. The summed E-state index contributed by atoms with van der Waals surface area (Å²) in [5.41, 5.74) is 1.78. The van der Waals surface area contributed by atoms with Crippen molar-refractivity contribution in [3.63, 3.8) is 0 Å². The molecule has 0 aliphatic rings. The lowest BCUT2D eigenvalue weighted by molar-refractivity contribution is 0.181. The third kappa shape index (κ3) is 3.15. The second-order valence-corrected chi connectivity index (χ2v) is 4.48. The SMILES string of the molecule is COCC(C)N(C)c1cccc(OC)c1C(C)O. The molecule has 0 amide bonds. The minimum absolute atomic E-state index is 0.222. The van der Waals surface area contributed by atoms with Crippen LogP contribution in [0.5, 0.6) is 5.75 Å². The molecule has 0 saturated heterocycles. The molecule has 0 heterocycles. The molecular weight excluding hydrogens is 230 g/mol. The number of hydrogen-bond donors (Lipinski definition) is 1. The topological polar surface area (TPSA) is 41.9 Å². The van der Waals surface area contributed by atoms with Gasteiger partial charge in [-0.1, -0.05) is 6.07 Å². The number of aliphatic hydroxyl groups is 1. The molecule has 1 N–H and O–H groups in total. The first kappa shape index (κ1) is 14.8. The summed E-state index contributed by atoms with van der Waals surface area (Å²) in [7, 11) is 5.29. The predicted octanol–water partition coefficient (Wildman–Crippen LogP) is 2.22. The van der Waals surface area contributed by atoms with Gasteiger partial charge in [-0.15, -0.1) is 0 Å². The molecule has 0 saturated carbocycles. The predicted molar refractivity (Wildman–Crippen MR) is 73.4 cm³/mol. The minimum Gasteiger partial charge on any atom is -0.496 e. The van der Waals surface area contributed by atoms with Crippen LogP contribution >= 0.6 is 0 Å². The van der Waals surface area contributed by atoms with Crippen LogP contribution in [-0.4, -0.2) is 39.0 Å². The molecular formula is C14H23NO3. The second-order valence-electron chi connectivity index (χ2n) is 4.48. The van der Waals surface area contributed by atoms with Gasteiger partial charge in [0, 0.05) is 31.5 Å². The van der Waals surface area contributed by atoms with E-state index in [1.807, 2.05) is 25.2 Å². The van der Waals surface area contributed by atoms with Gasteiger partial charge in [0.25, 0.3) is 0 Å². The first-order valence-electron chi connectivity index (χ1n) is 6.09. The average Bonchev–Trinajstić information content (AvgIpc) is 2.36. The van der Waals surface area contributed by atoms with E-state index < -0.39 is 6.10 Å². The van der Waals surface area contributed by atoms with Gasteiger partial charge >= 0.3 is 0 Å². The van der Waals surface area contributed by atoms with Crippen molar-refractivity contribution >= 4 is 5.69 Å². The van der Waals surface area contributed by atoms with Crippen molar-refractivity contribution in [1.82, 2.24) is 0 Å². The monoisotopic (exact) mass is 253 g/mol. The van der Waals surface area contributed by atoms with E-state index in [-0.39, 0.29) is 6.04 Å². The zero-order chi connectivity index (χ0) is 13.7. The van der Waals surface area contributed by atoms with Crippen molar-refractivity contribution in [2.24, 2.45) is 0 Å². The highest BCUT2D eigenvalue weighted by molar-refractivity contribution is 5.60. The summed E-state index contributed by atoms with van der Waals surface area (Å²) in [4.78, 5) is 2.09. The number of rotatable bonds is 6. The largest absolute Gasteiger partial charge is 0.496 e. The van der Waals surface area contributed by atoms with Crippen LogP contribution < -0.4 is 9.64 Å². The first-order chi connectivity index (χ1) is 8.52. The summed E-state index contributed by atoms with van der Waals surface area (Å²) in [6.07, 6.45) is -0.576.